The number of pyridine rings is 1. The van der Waals surface area contributed by atoms with Gasteiger partial charge in [-0.1, -0.05) is 30.3 Å². The van der Waals surface area contributed by atoms with Gasteiger partial charge in [0.25, 0.3) is 5.91 Å². The van der Waals surface area contributed by atoms with Gasteiger partial charge in [-0.05, 0) is 29.8 Å². The van der Waals surface area contributed by atoms with E-state index in [0.29, 0.717) is 29.9 Å². The van der Waals surface area contributed by atoms with Gasteiger partial charge in [0.15, 0.2) is 0 Å². The summed E-state index contributed by atoms with van der Waals surface area (Å²) in [7, 11) is 0. The van der Waals surface area contributed by atoms with Crippen molar-refractivity contribution in [1.29, 1.82) is 0 Å². The van der Waals surface area contributed by atoms with Crippen LogP contribution in [0.3, 0.4) is 0 Å². The molecule has 0 fully saturated rings. The zero-order chi connectivity index (χ0) is 17.9. The van der Waals surface area contributed by atoms with Crippen molar-refractivity contribution < 1.29 is 14.3 Å². The second kappa shape index (κ2) is 6.80. The summed E-state index contributed by atoms with van der Waals surface area (Å²) < 4.78 is 5.67. The first-order valence-electron chi connectivity index (χ1n) is 8.34. The molecule has 3 aromatic rings. The van der Waals surface area contributed by atoms with Crippen LogP contribution in [0.15, 0.2) is 54.7 Å². The fourth-order valence-electron chi connectivity index (χ4n) is 3.07. The van der Waals surface area contributed by atoms with Gasteiger partial charge in [0, 0.05) is 34.8 Å². The minimum atomic E-state index is -0.116. The van der Waals surface area contributed by atoms with Crippen LogP contribution in [0, 0.1) is 0 Å². The average molecular weight is 344 g/mol. The number of hydrogen-bond donors (Lipinski definition) is 1. The lowest BCUT2D eigenvalue weighted by Crippen LogP contribution is -2.03. The number of carbonyl (C=O) groups excluding carboxylic acids is 2. The van der Waals surface area contributed by atoms with E-state index in [4.69, 9.17) is 4.74 Å². The van der Waals surface area contributed by atoms with Crippen molar-refractivity contribution in [1.82, 2.24) is 4.98 Å². The number of amides is 1. The molecule has 1 N–H and O–H groups in total. The molecule has 5 nitrogen and oxygen atoms in total. The molecule has 1 aromatic heterocycles. The first kappa shape index (κ1) is 16.0. The largest absolute Gasteiger partial charge is 0.491 e. The Kier molecular flexibility index (Phi) is 4.19. The minimum Gasteiger partial charge on any atom is -0.491 e. The lowest BCUT2D eigenvalue weighted by atomic mass is 10.0. The summed E-state index contributed by atoms with van der Waals surface area (Å²) in [6.07, 6.45) is 4.73. The van der Waals surface area contributed by atoms with Crippen molar-refractivity contribution in [2.45, 2.75) is 6.42 Å². The standard InChI is InChI=1S/C21H16N2O3/c24-11-4-12-26-19-9-8-14(15-6-3-10-22-20(15)19)13-17-16-5-1-2-7-18(16)23-21(17)25/h1-3,5-11,13H,4,12H2,(H,23,25). The normalized spacial score (nSPS) is 14.3. The Labute approximate surface area is 150 Å². The number of aromatic nitrogens is 1. The topological polar surface area (TPSA) is 68.3 Å². The Morgan fingerprint density at radius 3 is 2.85 bits per heavy atom. The van der Waals surface area contributed by atoms with Crippen LogP contribution in [0.1, 0.15) is 17.5 Å². The van der Waals surface area contributed by atoms with Crippen LogP contribution >= 0.6 is 0 Å². The van der Waals surface area contributed by atoms with E-state index in [1.165, 1.54) is 0 Å². The third-order valence-electron chi connectivity index (χ3n) is 4.27. The SMILES string of the molecule is O=CCCOc1ccc(C=C2C(=O)Nc3ccccc32)c2cccnc12. The van der Waals surface area contributed by atoms with Gasteiger partial charge in [0.1, 0.15) is 17.6 Å². The molecular weight excluding hydrogens is 328 g/mol. The second-order valence-electron chi connectivity index (χ2n) is 5.91. The maximum absolute atomic E-state index is 12.4. The van der Waals surface area contributed by atoms with Gasteiger partial charge in [-0.15, -0.1) is 0 Å². The molecule has 0 saturated heterocycles. The van der Waals surface area contributed by atoms with E-state index in [2.05, 4.69) is 10.3 Å². The Bertz CT molecular complexity index is 1040. The van der Waals surface area contributed by atoms with Crippen molar-refractivity contribution in [3.05, 3.63) is 65.9 Å². The zero-order valence-electron chi connectivity index (χ0n) is 13.9. The number of nitrogens with one attached hydrogen (secondary N) is 1. The molecule has 4 rings (SSSR count). The molecular formula is C21H16N2O3. The third kappa shape index (κ3) is 2.84. The van der Waals surface area contributed by atoms with Crippen LogP contribution in [-0.4, -0.2) is 23.8 Å². The lowest BCUT2D eigenvalue weighted by Gasteiger charge is -2.10. The summed E-state index contributed by atoms with van der Waals surface area (Å²) in [4.78, 5) is 27.3. The number of aldehydes is 1. The number of anilines is 1. The van der Waals surface area contributed by atoms with Crippen LogP contribution < -0.4 is 10.1 Å². The van der Waals surface area contributed by atoms with Crippen molar-refractivity contribution in [2.24, 2.45) is 0 Å². The van der Waals surface area contributed by atoms with E-state index >= 15 is 0 Å². The number of ether oxygens (including phenoxy) is 1. The molecule has 1 amide bonds. The summed E-state index contributed by atoms with van der Waals surface area (Å²) in [6.45, 7) is 0.311. The maximum atomic E-state index is 12.4. The van der Waals surface area contributed by atoms with Gasteiger partial charge < -0.3 is 14.8 Å². The number of nitrogens with zero attached hydrogens (tertiary/aromatic N) is 1. The molecule has 1 aliphatic heterocycles. The molecule has 0 atom stereocenters. The van der Waals surface area contributed by atoms with Gasteiger partial charge >= 0.3 is 0 Å². The smallest absolute Gasteiger partial charge is 0.256 e. The molecule has 128 valence electrons. The summed E-state index contributed by atoms with van der Waals surface area (Å²) >= 11 is 0. The highest BCUT2D eigenvalue weighted by atomic mass is 16.5. The van der Waals surface area contributed by atoms with Crippen LogP contribution in [-0.2, 0) is 9.59 Å². The van der Waals surface area contributed by atoms with E-state index < -0.39 is 0 Å². The third-order valence-corrected chi connectivity index (χ3v) is 4.27. The summed E-state index contributed by atoms with van der Waals surface area (Å²) in [6, 6.07) is 15.1. The number of benzene rings is 2. The fraction of sp³-hybridized carbons (Fsp3) is 0.0952. The number of carbonyl (C=O) groups is 2. The molecule has 1 aliphatic rings. The Hall–Kier alpha value is -3.47. The van der Waals surface area contributed by atoms with Crippen LogP contribution in [0.4, 0.5) is 5.69 Å². The maximum Gasteiger partial charge on any atom is 0.256 e. The van der Waals surface area contributed by atoms with Gasteiger partial charge in [-0.25, -0.2) is 0 Å². The van der Waals surface area contributed by atoms with E-state index in [9.17, 15) is 9.59 Å². The molecule has 2 aromatic carbocycles. The number of hydrogen-bond acceptors (Lipinski definition) is 4. The van der Waals surface area contributed by atoms with Crippen LogP contribution in [0.5, 0.6) is 5.75 Å². The zero-order valence-corrected chi connectivity index (χ0v) is 13.9. The van der Waals surface area contributed by atoms with E-state index in [0.717, 1.165) is 28.5 Å². The molecule has 5 heteroatoms. The van der Waals surface area contributed by atoms with E-state index in [-0.39, 0.29) is 5.91 Å². The molecule has 0 radical (unpaired) electrons. The van der Waals surface area contributed by atoms with Crippen molar-refractivity contribution in [3.63, 3.8) is 0 Å². The summed E-state index contributed by atoms with van der Waals surface area (Å²) in [5, 5.41) is 3.77. The monoisotopic (exact) mass is 344 g/mol. The highest BCUT2D eigenvalue weighted by Gasteiger charge is 2.23. The highest BCUT2D eigenvalue weighted by molar-refractivity contribution is 6.35. The van der Waals surface area contributed by atoms with Crippen LogP contribution in [0.2, 0.25) is 0 Å². The number of rotatable bonds is 5. The van der Waals surface area contributed by atoms with Crippen molar-refractivity contribution in [2.75, 3.05) is 11.9 Å². The van der Waals surface area contributed by atoms with Gasteiger partial charge in [0.05, 0.1) is 6.61 Å². The second-order valence-corrected chi connectivity index (χ2v) is 5.91. The Morgan fingerprint density at radius 1 is 1.08 bits per heavy atom. The minimum absolute atomic E-state index is 0.116. The predicted octanol–water partition coefficient (Wildman–Crippen LogP) is 3.70. The molecule has 26 heavy (non-hydrogen) atoms. The summed E-state index contributed by atoms with van der Waals surface area (Å²) in [5.41, 5.74) is 3.93. The Balaban J connectivity index is 1.80. The average Bonchev–Trinajstić information content (AvgIpc) is 2.99. The van der Waals surface area contributed by atoms with Gasteiger partial charge in [-0.2, -0.15) is 0 Å². The van der Waals surface area contributed by atoms with Crippen molar-refractivity contribution in [3.8, 4) is 5.75 Å². The van der Waals surface area contributed by atoms with E-state index in [1.54, 1.807) is 6.20 Å². The lowest BCUT2D eigenvalue weighted by molar-refractivity contribution is -0.111. The fourth-order valence-corrected chi connectivity index (χ4v) is 3.07. The first-order chi connectivity index (χ1) is 12.8. The van der Waals surface area contributed by atoms with Gasteiger partial charge in [0.2, 0.25) is 0 Å². The molecule has 0 unspecified atom stereocenters. The first-order valence-corrected chi connectivity index (χ1v) is 8.34. The van der Waals surface area contributed by atoms with Crippen LogP contribution in [0.25, 0.3) is 22.6 Å². The quantitative estimate of drug-likeness (QED) is 0.435. The van der Waals surface area contributed by atoms with Crippen molar-refractivity contribution >= 4 is 40.4 Å². The Morgan fingerprint density at radius 2 is 1.96 bits per heavy atom. The molecule has 0 aliphatic carbocycles. The molecule has 0 spiro atoms. The number of fused-ring (bicyclic) bond motifs is 2. The molecule has 2 heterocycles. The highest BCUT2D eigenvalue weighted by Crippen LogP contribution is 2.35. The molecule has 0 bridgehead atoms. The van der Waals surface area contributed by atoms with Gasteiger partial charge in [-0.3, -0.25) is 9.78 Å². The summed E-state index contributed by atoms with van der Waals surface area (Å²) in [5.74, 6) is 0.510. The number of para-hydroxylation sites is 1. The van der Waals surface area contributed by atoms with E-state index in [1.807, 2.05) is 54.6 Å². The molecule has 0 saturated carbocycles. The predicted molar refractivity (Wildman–Crippen MR) is 101 cm³/mol.